The summed E-state index contributed by atoms with van der Waals surface area (Å²) < 4.78 is 2.52. The third kappa shape index (κ3) is 8.85. The number of hydrazone groups is 2. The predicted molar refractivity (Wildman–Crippen MR) is 196 cm³/mol. The summed E-state index contributed by atoms with van der Waals surface area (Å²) >= 11 is 0. The SMILES string of the molecule is CCCCCCCCCCCCn1c2ccc(C=NN(C)c3ccccc3)cc2c2cc(C=NN(C)c3ccccc3)ccc21. The minimum Gasteiger partial charge on any atom is -0.340 e. The van der Waals surface area contributed by atoms with Crippen molar-refractivity contribution in [3.8, 4) is 0 Å². The first kappa shape index (κ1) is 32.0. The van der Waals surface area contributed by atoms with Crippen molar-refractivity contribution in [2.45, 2.75) is 77.7 Å². The highest BCUT2D eigenvalue weighted by molar-refractivity contribution is 6.11. The number of anilines is 2. The highest BCUT2D eigenvalue weighted by Gasteiger charge is 2.12. The van der Waals surface area contributed by atoms with Gasteiger partial charge < -0.3 is 4.57 Å². The van der Waals surface area contributed by atoms with Crippen LogP contribution in [0.2, 0.25) is 0 Å². The van der Waals surface area contributed by atoms with Crippen LogP contribution in [-0.4, -0.2) is 31.1 Å². The molecule has 0 fully saturated rings. The highest BCUT2D eigenvalue weighted by atomic mass is 15.4. The maximum absolute atomic E-state index is 4.73. The van der Waals surface area contributed by atoms with Crippen LogP contribution in [-0.2, 0) is 6.54 Å². The second kappa shape index (κ2) is 16.6. The molecule has 0 atom stereocenters. The Morgan fingerprint density at radius 1 is 0.533 bits per heavy atom. The zero-order valence-electron chi connectivity index (χ0n) is 27.4. The van der Waals surface area contributed by atoms with Crippen molar-refractivity contribution in [1.82, 2.24) is 4.57 Å². The van der Waals surface area contributed by atoms with Crippen LogP contribution < -0.4 is 10.0 Å². The zero-order chi connectivity index (χ0) is 31.3. The van der Waals surface area contributed by atoms with Crippen LogP contribution in [0, 0.1) is 0 Å². The van der Waals surface area contributed by atoms with Crippen LogP contribution in [0.4, 0.5) is 11.4 Å². The lowest BCUT2D eigenvalue weighted by atomic mass is 10.1. The molecule has 0 bridgehead atoms. The molecule has 45 heavy (non-hydrogen) atoms. The fourth-order valence-corrected chi connectivity index (χ4v) is 6.03. The number of fused-ring (bicyclic) bond motifs is 3. The van der Waals surface area contributed by atoms with Gasteiger partial charge in [-0.25, -0.2) is 0 Å². The monoisotopic (exact) mass is 599 g/mol. The first-order valence-electron chi connectivity index (χ1n) is 16.9. The predicted octanol–water partition coefficient (Wildman–Crippen LogP) is 10.7. The topological polar surface area (TPSA) is 36.1 Å². The van der Waals surface area contributed by atoms with Crippen LogP contribution in [0.15, 0.2) is 107 Å². The van der Waals surface area contributed by atoms with E-state index in [2.05, 4.69) is 72.2 Å². The maximum atomic E-state index is 4.73. The molecule has 0 aliphatic carbocycles. The third-order valence-electron chi connectivity index (χ3n) is 8.67. The molecule has 0 aliphatic rings. The van der Waals surface area contributed by atoms with Gasteiger partial charge in [0.15, 0.2) is 0 Å². The molecule has 1 aromatic heterocycles. The summed E-state index contributed by atoms with van der Waals surface area (Å²) in [5, 5.41) is 15.8. The van der Waals surface area contributed by atoms with Crippen LogP contribution in [0.1, 0.15) is 82.3 Å². The lowest BCUT2D eigenvalue weighted by Crippen LogP contribution is -2.08. The molecule has 4 aromatic carbocycles. The molecule has 0 aliphatic heterocycles. The highest BCUT2D eigenvalue weighted by Crippen LogP contribution is 2.31. The normalized spacial score (nSPS) is 11.8. The van der Waals surface area contributed by atoms with E-state index in [1.54, 1.807) is 0 Å². The first-order chi connectivity index (χ1) is 22.1. The summed E-state index contributed by atoms with van der Waals surface area (Å²) in [6.07, 6.45) is 17.4. The van der Waals surface area contributed by atoms with Gasteiger partial charge >= 0.3 is 0 Å². The number of para-hydroxylation sites is 2. The van der Waals surface area contributed by atoms with Gasteiger partial charge in [-0.05, 0) is 66.1 Å². The molecule has 5 nitrogen and oxygen atoms in total. The van der Waals surface area contributed by atoms with E-state index in [4.69, 9.17) is 10.2 Å². The molecule has 0 spiro atoms. The molecule has 5 rings (SSSR count). The molecule has 1 heterocycles. The number of nitrogens with zero attached hydrogens (tertiary/aromatic N) is 5. The number of unbranched alkanes of at least 4 members (excludes halogenated alkanes) is 9. The Hall–Kier alpha value is -4.38. The van der Waals surface area contributed by atoms with Gasteiger partial charge in [0.25, 0.3) is 0 Å². The molecule has 0 radical (unpaired) electrons. The van der Waals surface area contributed by atoms with Gasteiger partial charge in [0.2, 0.25) is 0 Å². The fourth-order valence-electron chi connectivity index (χ4n) is 6.03. The Morgan fingerprint density at radius 3 is 1.40 bits per heavy atom. The van der Waals surface area contributed by atoms with E-state index in [1.807, 2.05) is 72.9 Å². The number of benzene rings is 4. The van der Waals surface area contributed by atoms with Gasteiger partial charge in [-0.1, -0.05) is 113 Å². The number of rotatable bonds is 17. The van der Waals surface area contributed by atoms with Gasteiger partial charge in [-0.15, -0.1) is 0 Å². The molecule has 234 valence electrons. The van der Waals surface area contributed by atoms with Crippen molar-refractivity contribution < 1.29 is 0 Å². The molecular formula is C40H49N5. The summed E-state index contributed by atoms with van der Waals surface area (Å²) in [5.41, 5.74) is 6.87. The quantitative estimate of drug-likeness (QED) is 0.0605. The van der Waals surface area contributed by atoms with E-state index in [1.165, 1.54) is 86.0 Å². The molecule has 5 heteroatoms. The van der Waals surface area contributed by atoms with Gasteiger partial charge in [0.05, 0.1) is 23.8 Å². The summed E-state index contributed by atoms with van der Waals surface area (Å²) in [7, 11) is 3.97. The number of aromatic nitrogens is 1. The molecule has 0 N–H and O–H groups in total. The molecule has 0 unspecified atom stereocenters. The maximum Gasteiger partial charge on any atom is 0.0590 e. The average Bonchev–Trinajstić information content (AvgIpc) is 3.39. The second-order valence-corrected chi connectivity index (χ2v) is 12.1. The Bertz CT molecular complexity index is 1560. The molecule has 0 amide bonds. The summed E-state index contributed by atoms with van der Waals surface area (Å²) in [4.78, 5) is 0. The van der Waals surface area contributed by atoms with E-state index >= 15 is 0 Å². The van der Waals surface area contributed by atoms with E-state index in [9.17, 15) is 0 Å². The van der Waals surface area contributed by atoms with Gasteiger partial charge in [-0.2, -0.15) is 10.2 Å². The van der Waals surface area contributed by atoms with Gasteiger partial charge in [-0.3, -0.25) is 10.0 Å². The second-order valence-electron chi connectivity index (χ2n) is 12.1. The van der Waals surface area contributed by atoms with Crippen LogP contribution in [0.25, 0.3) is 21.8 Å². The Balaban J connectivity index is 1.35. The van der Waals surface area contributed by atoms with Crippen LogP contribution in [0.5, 0.6) is 0 Å². The van der Waals surface area contributed by atoms with Crippen molar-refractivity contribution in [3.63, 3.8) is 0 Å². The van der Waals surface area contributed by atoms with Crippen molar-refractivity contribution in [2.24, 2.45) is 10.2 Å². The Labute approximate surface area is 269 Å². The van der Waals surface area contributed by atoms with Crippen molar-refractivity contribution in [3.05, 3.63) is 108 Å². The van der Waals surface area contributed by atoms with Gasteiger partial charge in [0.1, 0.15) is 0 Å². The van der Waals surface area contributed by atoms with E-state index < -0.39 is 0 Å². The largest absolute Gasteiger partial charge is 0.340 e. The van der Waals surface area contributed by atoms with Crippen molar-refractivity contribution >= 4 is 45.6 Å². The molecule has 0 saturated carbocycles. The van der Waals surface area contributed by atoms with Gasteiger partial charge in [0, 0.05) is 42.4 Å². The standard InChI is InChI=1S/C40H49N5/c1-4-5-6-7-8-9-10-11-12-19-28-45-39-26-24-33(31-41-43(2)35-20-15-13-16-21-35)29-37(39)38-30-34(25-27-40(38)45)32-42-44(3)36-22-17-14-18-23-36/h13-18,20-27,29-32H,4-12,19,28H2,1-3H3. The molecular weight excluding hydrogens is 550 g/mol. The van der Waals surface area contributed by atoms with E-state index in [-0.39, 0.29) is 0 Å². The lowest BCUT2D eigenvalue weighted by molar-refractivity contribution is 0.541. The third-order valence-corrected chi connectivity index (χ3v) is 8.67. The minimum atomic E-state index is 1.03. The Kier molecular flexibility index (Phi) is 11.8. The number of hydrogen-bond donors (Lipinski definition) is 0. The van der Waals surface area contributed by atoms with E-state index in [0.29, 0.717) is 0 Å². The summed E-state index contributed by atoms with van der Waals surface area (Å²) in [6.45, 7) is 3.32. The van der Waals surface area contributed by atoms with Crippen molar-refractivity contribution in [1.29, 1.82) is 0 Å². The number of aryl methyl sites for hydroxylation is 1. The summed E-state index contributed by atoms with van der Waals surface area (Å²) in [5.74, 6) is 0. The average molecular weight is 600 g/mol. The number of hydrogen-bond acceptors (Lipinski definition) is 4. The minimum absolute atomic E-state index is 1.03. The van der Waals surface area contributed by atoms with E-state index in [0.717, 1.165) is 29.0 Å². The Morgan fingerprint density at radius 2 is 0.956 bits per heavy atom. The lowest BCUT2D eigenvalue weighted by Gasteiger charge is -2.12. The van der Waals surface area contributed by atoms with Crippen LogP contribution >= 0.6 is 0 Å². The fraction of sp³-hybridized carbons (Fsp3) is 0.350. The zero-order valence-corrected chi connectivity index (χ0v) is 27.4. The van der Waals surface area contributed by atoms with Crippen molar-refractivity contribution in [2.75, 3.05) is 24.1 Å². The smallest absolute Gasteiger partial charge is 0.0590 e. The first-order valence-corrected chi connectivity index (χ1v) is 16.9. The summed E-state index contributed by atoms with van der Waals surface area (Å²) in [6, 6.07) is 34.0. The molecule has 0 saturated heterocycles. The van der Waals surface area contributed by atoms with Crippen LogP contribution in [0.3, 0.4) is 0 Å². The molecule has 5 aromatic rings.